The van der Waals surface area contributed by atoms with E-state index >= 15 is 0 Å². The maximum atomic E-state index is 11.7. The maximum absolute atomic E-state index is 11.7. The first kappa shape index (κ1) is 17.2. The summed E-state index contributed by atoms with van der Waals surface area (Å²) < 4.78 is 25.1. The molecule has 0 aliphatic carbocycles. The van der Waals surface area contributed by atoms with E-state index in [1.807, 2.05) is 7.05 Å². The van der Waals surface area contributed by atoms with Gasteiger partial charge in [-0.05, 0) is 58.2 Å². The Morgan fingerprint density at radius 1 is 1.14 bits per heavy atom. The first-order chi connectivity index (χ1) is 10.0. The lowest BCUT2D eigenvalue weighted by Gasteiger charge is -2.40. The van der Waals surface area contributed by atoms with Crippen LogP contribution in [0, 0.1) is 5.92 Å². The summed E-state index contributed by atoms with van der Waals surface area (Å²) in [5.41, 5.74) is 0. The van der Waals surface area contributed by atoms with E-state index in [1.54, 1.807) is 4.31 Å². The van der Waals surface area contributed by atoms with Gasteiger partial charge in [-0.3, -0.25) is 0 Å². The molecule has 2 rings (SSSR count). The number of likely N-dealkylation sites (tertiary alicyclic amines) is 1. The van der Waals surface area contributed by atoms with E-state index in [0.717, 1.165) is 19.5 Å². The van der Waals surface area contributed by atoms with Gasteiger partial charge in [0.15, 0.2) is 0 Å². The molecule has 0 radical (unpaired) electrons. The molecule has 2 atom stereocenters. The minimum atomic E-state index is -3.02. The molecule has 2 saturated heterocycles. The van der Waals surface area contributed by atoms with Gasteiger partial charge in [0.05, 0.1) is 6.26 Å². The number of piperidine rings is 2. The number of nitrogens with one attached hydrogen (secondary N) is 1. The van der Waals surface area contributed by atoms with Crippen LogP contribution in [0.3, 0.4) is 0 Å². The third-order valence-corrected chi connectivity index (χ3v) is 6.19. The Bertz CT molecular complexity index is 413. The van der Waals surface area contributed by atoms with Crippen LogP contribution < -0.4 is 5.32 Å². The van der Waals surface area contributed by atoms with Crippen LogP contribution >= 0.6 is 0 Å². The van der Waals surface area contributed by atoms with Gasteiger partial charge in [-0.15, -0.1) is 0 Å². The molecule has 0 aromatic heterocycles. The summed E-state index contributed by atoms with van der Waals surface area (Å²) in [6.07, 6.45) is 8.65. The van der Waals surface area contributed by atoms with E-state index in [1.165, 1.54) is 44.9 Å². The van der Waals surface area contributed by atoms with Crippen molar-refractivity contribution < 1.29 is 8.42 Å². The quantitative estimate of drug-likeness (QED) is 0.798. The van der Waals surface area contributed by atoms with Crippen molar-refractivity contribution >= 4 is 10.0 Å². The molecule has 0 bridgehead atoms. The molecule has 0 aromatic rings. The molecule has 124 valence electrons. The molecule has 2 aliphatic heterocycles. The van der Waals surface area contributed by atoms with Crippen LogP contribution in [-0.2, 0) is 10.0 Å². The molecule has 0 spiro atoms. The smallest absolute Gasteiger partial charge is 0.211 e. The van der Waals surface area contributed by atoms with Gasteiger partial charge in [0.1, 0.15) is 0 Å². The van der Waals surface area contributed by atoms with Crippen molar-refractivity contribution in [2.75, 3.05) is 46.0 Å². The highest BCUT2D eigenvalue weighted by Gasteiger charge is 2.29. The van der Waals surface area contributed by atoms with E-state index in [0.29, 0.717) is 25.0 Å². The van der Waals surface area contributed by atoms with Gasteiger partial charge in [0, 0.05) is 25.7 Å². The highest BCUT2D eigenvalue weighted by Crippen LogP contribution is 2.25. The lowest BCUT2D eigenvalue weighted by molar-refractivity contribution is 0.101. The van der Waals surface area contributed by atoms with E-state index in [4.69, 9.17) is 0 Å². The molecular formula is C15H31N3O2S. The van der Waals surface area contributed by atoms with Crippen LogP contribution in [0.15, 0.2) is 0 Å². The van der Waals surface area contributed by atoms with Crippen LogP contribution in [-0.4, -0.2) is 69.7 Å². The molecule has 1 N–H and O–H groups in total. The van der Waals surface area contributed by atoms with Crippen LogP contribution in [0.1, 0.15) is 38.5 Å². The summed E-state index contributed by atoms with van der Waals surface area (Å²) in [7, 11) is -1.01. The average Bonchev–Trinajstić information content (AvgIpc) is 2.46. The molecule has 2 heterocycles. The van der Waals surface area contributed by atoms with Gasteiger partial charge in [-0.25, -0.2) is 12.7 Å². The molecule has 2 unspecified atom stereocenters. The van der Waals surface area contributed by atoms with Gasteiger partial charge in [0.25, 0.3) is 0 Å². The second kappa shape index (κ2) is 7.90. The zero-order valence-electron chi connectivity index (χ0n) is 13.6. The van der Waals surface area contributed by atoms with Crippen molar-refractivity contribution in [2.45, 2.75) is 44.6 Å². The summed E-state index contributed by atoms with van der Waals surface area (Å²) in [5, 5.41) is 3.25. The number of hydrogen-bond acceptors (Lipinski definition) is 4. The molecule has 5 nitrogen and oxygen atoms in total. The Labute approximate surface area is 130 Å². The number of hydrogen-bond donors (Lipinski definition) is 1. The van der Waals surface area contributed by atoms with Gasteiger partial charge in [-0.1, -0.05) is 6.42 Å². The minimum absolute atomic E-state index is 0.503. The molecule has 2 fully saturated rings. The van der Waals surface area contributed by atoms with Crippen molar-refractivity contribution in [1.29, 1.82) is 0 Å². The van der Waals surface area contributed by atoms with Crippen LogP contribution in [0.25, 0.3) is 0 Å². The fourth-order valence-corrected chi connectivity index (χ4v) is 4.69. The van der Waals surface area contributed by atoms with Crippen molar-refractivity contribution in [3.63, 3.8) is 0 Å². The van der Waals surface area contributed by atoms with E-state index < -0.39 is 10.0 Å². The third kappa shape index (κ3) is 5.20. The Hall–Kier alpha value is -0.170. The predicted octanol–water partition coefficient (Wildman–Crippen LogP) is 1.12. The van der Waals surface area contributed by atoms with Crippen LogP contribution in [0.4, 0.5) is 0 Å². The first-order valence-corrected chi connectivity index (χ1v) is 10.2. The maximum Gasteiger partial charge on any atom is 0.211 e. The minimum Gasteiger partial charge on any atom is -0.320 e. The fraction of sp³-hybridized carbons (Fsp3) is 1.00. The average molecular weight is 317 g/mol. The van der Waals surface area contributed by atoms with Gasteiger partial charge >= 0.3 is 0 Å². The van der Waals surface area contributed by atoms with E-state index in [-0.39, 0.29) is 0 Å². The molecule has 0 saturated carbocycles. The molecule has 2 aliphatic rings. The van der Waals surface area contributed by atoms with Crippen molar-refractivity contribution in [1.82, 2.24) is 14.5 Å². The number of rotatable bonds is 6. The van der Waals surface area contributed by atoms with Crippen molar-refractivity contribution in [3.8, 4) is 0 Å². The Morgan fingerprint density at radius 3 is 2.67 bits per heavy atom. The van der Waals surface area contributed by atoms with Crippen LogP contribution in [0.5, 0.6) is 0 Å². The van der Waals surface area contributed by atoms with Gasteiger partial charge in [0.2, 0.25) is 10.0 Å². The summed E-state index contributed by atoms with van der Waals surface area (Å²) in [5.74, 6) is 0.503. The third-order valence-electron chi connectivity index (χ3n) is 4.92. The molecule has 0 aromatic carbocycles. The van der Waals surface area contributed by atoms with Crippen LogP contribution in [0.2, 0.25) is 0 Å². The molecule has 0 amide bonds. The zero-order chi connectivity index (χ0) is 15.3. The second-order valence-electron chi connectivity index (χ2n) is 6.67. The number of sulfonamides is 1. The monoisotopic (exact) mass is 317 g/mol. The first-order valence-electron chi connectivity index (χ1n) is 8.34. The fourth-order valence-electron chi connectivity index (χ4n) is 3.75. The highest BCUT2D eigenvalue weighted by molar-refractivity contribution is 7.88. The summed E-state index contributed by atoms with van der Waals surface area (Å²) >= 11 is 0. The molecule has 21 heavy (non-hydrogen) atoms. The highest BCUT2D eigenvalue weighted by atomic mass is 32.2. The summed E-state index contributed by atoms with van der Waals surface area (Å²) in [4.78, 5) is 2.62. The lowest BCUT2D eigenvalue weighted by atomic mass is 9.94. The van der Waals surface area contributed by atoms with E-state index in [2.05, 4.69) is 10.2 Å². The van der Waals surface area contributed by atoms with Crippen molar-refractivity contribution in [3.05, 3.63) is 0 Å². The topological polar surface area (TPSA) is 52.6 Å². The van der Waals surface area contributed by atoms with Gasteiger partial charge in [-0.2, -0.15) is 0 Å². The Morgan fingerprint density at radius 2 is 1.95 bits per heavy atom. The molecular weight excluding hydrogens is 286 g/mol. The number of nitrogens with zero attached hydrogens (tertiary/aromatic N) is 2. The summed E-state index contributed by atoms with van der Waals surface area (Å²) in [6, 6.07) is 0.680. The Kier molecular flexibility index (Phi) is 6.47. The van der Waals surface area contributed by atoms with E-state index in [9.17, 15) is 8.42 Å². The van der Waals surface area contributed by atoms with Crippen molar-refractivity contribution in [2.24, 2.45) is 5.92 Å². The SMILES string of the molecule is CNCCC1CCCCN1CC1CCCN(S(C)(=O)=O)C1. The normalized spacial score (nSPS) is 29.6. The van der Waals surface area contributed by atoms with Gasteiger partial charge < -0.3 is 10.2 Å². The summed E-state index contributed by atoms with van der Waals surface area (Å²) in [6.45, 7) is 4.75. The standard InChI is InChI=1S/C15H31N3O2S/c1-16-9-8-15-7-3-4-10-17(15)12-14-6-5-11-18(13-14)21(2,19)20/h14-16H,3-13H2,1-2H3. The predicted molar refractivity (Wildman–Crippen MR) is 86.9 cm³/mol. The lowest BCUT2D eigenvalue weighted by Crippen LogP contribution is -2.47. The zero-order valence-corrected chi connectivity index (χ0v) is 14.4. The Balaban J connectivity index is 1.89. The molecule has 6 heteroatoms. The largest absolute Gasteiger partial charge is 0.320 e. The second-order valence-corrected chi connectivity index (χ2v) is 8.65.